The quantitative estimate of drug-likeness (QED) is 0.241. The molecule has 0 spiro atoms. The topological polar surface area (TPSA) is 107 Å². The second-order valence-corrected chi connectivity index (χ2v) is 13.4. The van der Waals surface area contributed by atoms with E-state index >= 15 is 0 Å². The number of esters is 1. The van der Waals surface area contributed by atoms with Crippen LogP contribution in [0.15, 0.2) is 36.4 Å². The van der Waals surface area contributed by atoms with Crippen LogP contribution in [0.3, 0.4) is 0 Å². The molecular weight excluding hydrogens is 641 g/mol. The van der Waals surface area contributed by atoms with Gasteiger partial charge in [-0.25, -0.2) is 14.2 Å². The van der Waals surface area contributed by atoms with E-state index in [4.69, 9.17) is 44.3 Å². The predicted molar refractivity (Wildman–Crippen MR) is 175 cm³/mol. The Kier molecular flexibility index (Phi) is 11.1. The summed E-state index contributed by atoms with van der Waals surface area (Å²) in [4.78, 5) is 56.9. The number of ether oxygens (including phenoxy) is 2. The summed E-state index contributed by atoms with van der Waals surface area (Å²) in [5, 5.41) is 4.39. The molecular formula is C33H38Cl3N3O6. The van der Waals surface area contributed by atoms with Gasteiger partial charge in [0.1, 0.15) is 17.3 Å². The maximum Gasteiger partial charge on any atom is 0.419 e. The molecule has 3 aromatic rings. The first kappa shape index (κ1) is 34.6. The number of carbonyl (C=O) groups is 4. The van der Waals surface area contributed by atoms with Gasteiger partial charge < -0.3 is 19.7 Å². The third-order valence-corrected chi connectivity index (χ3v) is 8.51. The Bertz CT molecular complexity index is 1610. The largest absolute Gasteiger partial charge is 0.461 e. The molecule has 2 amide bonds. The zero-order chi connectivity index (χ0) is 33.1. The van der Waals surface area contributed by atoms with Crippen LogP contribution < -0.4 is 5.32 Å². The van der Waals surface area contributed by atoms with Crippen LogP contribution >= 0.6 is 34.8 Å². The molecule has 1 aromatic heterocycles. The van der Waals surface area contributed by atoms with Crippen LogP contribution in [0.1, 0.15) is 94.4 Å². The summed E-state index contributed by atoms with van der Waals surface area (Å²) in [6.45, 7) is 8.01. The fraction of sp³-hybridized carbons (Fsp3) is 0.455. The number of nitrogens with one attached hydrogen (secondary N) is 1. The summed E-state index contributed by atoms with van der Waals surface area (Å²) >= 11 is 18.9. The van der Waals surface area contributed by atoms with Gasteiger partial charge in [0.2, 0.25) is 11.8 Å². The Morgan fingerprint density at radius 3 is 2.29 bits per heavy atom. The molecule has 1 aliphatic carbocycles. The molecule has 2 aromatic carbocycles. The number of hydrogen-bond donors (Lipinski definition) is 1. The fourth-order valence-corrected chi connectivity index (χ4v) is 6.12. The normalized spacial score (nSPS) is 14.6. The minimum atomic E-state index is -1.36. The summed E-state index contributed by atoms with van der Waals surface area (Å²) in [5.74, 6) is -1.81. The lowest BCUT2D eigenvalue weighted by Gasteiger charge is -2.33. The van der Waals surface area contributed by atoms with Crippen molar-refractivity contribution in [3.63, 3.8) is 0 Å². The lowest BCUT2D eigenvalue weighted by atomic mass is 9.94. The van der Waals surface area contributed by atoms with E-state index in [0.717, 1.165) is 36.7 Å². The molecule has 242 valence electrons. The molecule has 0 radical (unpaired) electrons. The smallest absolute Gasteiger partial charge is 0.419 e. The number of aromatic nitrogens is 1. The van der Waals surface area contributed by atoms with Gasteiger partial charge in [-0.2, -0.15) is 0 Å². The van der Waals surface area contributed by atoms with Gasteiger partial charge in [0.15, 0.2) is 0 Å². The summed E-state index contributed by atoms with van der Waals surface area (Å²) in [7, 11) is 0. The molecule has 12 heteroatoms. The molecule has 1 saturated carbocycles. The van der Waals surface area contributed by atoms with Crippen molar-refractivity contribution in [2.45, 2.75) is 91.0 Å². The SMILES string of the molecule is CCOC(=O)c1c(C(C(=O)NC2CCCCC2)N(Cc2ccc(Cl)c(Cl)c2)C(C)=O)c2ccc(Cl)cc2n1C(=O)OC(C)(C)C. The number of amides is 2. The third-order valence-electron chi connectivity index (χ3n) is 7.54. The number of halogens is 3. The first-order chi connectivity index (χ1) is 21.2. The minimum Gasteiger partial charge on any atom is -0.461 e. The van der Waals surface area contributed by atoms with Gasteiger partial charge >= 0.3 is 12.1 Å². The molecule has 1 heterocycles. The van der Waals surface area contributed by atoms with E-state index < -0.39 is 35.5 Å². The van der Waals surface area contributed by atoms with Gasteiger partial charge in [-0.05, 0) is 70.4 Å². The molecule has 1 aliphatic rings. The van der Waals surface area contributed by atoms with Crippen LogP contribution in [0.25, 0.3) is 10.9 Å². The molecule has 1 N–H and O–H groups in total. The lowest BCUT2D eigenvalue weighted by Crippen LogP contribution is -2.46. The monoisotopic (exact) mass is 677 g/mol. The average Bonchev–Trinajstić information content (AvgIpc) is 3.28. The number of nitrogens with zero attached hydrogens (tertiary/aromatic N) is 2. The van der Waals surface area contributed by atoms with Gasteiger partial charge in [-0.3, -0.25) is 9.59 Å². The Hall–Kier alpha value is -3.27. The van der Waals surface area contributed by atoms with Crippen LogP contribution in [0, 0.1) is 0 Å². The number of benzene rings is 2. The highest BCUT2D eigenvalue weighted by Gasteiger charge is 2.40. The van der Waals surface area contributed by atoms with E-state index in [2.05, 4.69) is 5.32 Å². The van der Waals surface area contributed by atoms with E-state index in [1.165, 1.54) is 17.9 Å². The minimum absolute atomic E-state index is 0.00644. The van der Waals surface area contributed by atoms with E-state index in [1.54, 1.807) is 58.0 Å². The molecule has 4 rings (SSSR count). The number of rotatable bonds is 8. The van der Waals surface area contributed by atoms with Gasteiger partial charge in [-0.1, -0.05) is 66.2 Å². The maximum absolute atomic E-state index is 14.5. The van der Waals surface area contributed by atoms with Crippen molar-refractivity contribution in [3.8, 4) is 0 Å². The molecule has 1 unspecified atom stereocenters. The van der Waals surface area contributed by atoms with Gasteiger partial charge in [-0.15, -0.1) is 0 Å². The Balaban J connectivity index is 2.02. The Morgan fingerprint density at radius 1 is 1.00 bits per heavy atom. The van der Waals surface area contributed by atoms with Crippen molar-refractivity contribution < 1.29 is 28.7 Å². The molecule has 0 saturated heterocycles. The number of hydrogen-bond acceptors (Lipinski definition) is 6. The van der Waals surface area contributed by atoms with Gasteiger partial charge in [0, 0.05) is 35.5 Å². The van der Waals surface area contributed by atoms with E-state index in [0.29, 0.717) is 16.0 Å². The van der Waals surface area contributed by atoms with Crippen molar-refractivity contribution in [2.75, 3.05) is 6.61 Å². The van der Waals surface area contributed by atoms with E-state index in [1.807, 2.05) is 0 Å². The summed E-state index contributed by atoms with van der Waals surface area (Å²) < 4.78 is 12.2. The van der Waals surface area contributed by atoms with Crippen molar-refractivity contribution in [3.05, 3.63) is 68.3 Å². The summed E-state index contributed by atoms with van der Waals surface area (Å²) in [5.41, 5.74) is -0.202. The second-order valence-electron chi connectivity index (χ2n) is 12.1. The van der Waals surface area contributed by atoms with Crippen LogP contribution in [-0.2, 0) is 25.6 Å². The molecule has 9 nitrogen and oxygen atoms in total. The lowest BCUT2D eigenvalue weighted by molar-refractivity contribution is -0.140. The highest BCUT2D eigenvalue weighted by Crippen LogP contribution is 2.38. The van der Waals surface area contributed by atoms with E-state index in [-0.39, 0.29) is 46.0 Å². The standard InChI is InChI=1S/C33H38Cl3N3O6/c1-6-44-31(42)29-27(23-14-13-21(34)17-26(23)39(29)32(43)45-33(3,4)5)28(30(41)37-22-10-8-7-9-11-22)38(19(2)40)18-20-12-15-24(35)25(36)16-20/h12-17,22,28H,6-11,18H2,1-5H3,(H,37,41). The van der Waals surface area contributed by atoms with Crippen LogP contribution in [0.4, 0.5) is 4.79 Å². The van der Waals surface area contributed by atoms with Crippen LogP contribution in [0.2, 0.25) is 15.1 Å². The van der Waals surface area contributed by atoms with Crippen molar-refractivity contribution in [2.24, 2.45) is 0 Å². The zero-order valence-corrected chi connectivity index (χ0v) is 28.3. The van der Waals surface area contributed by atoms with Crippen LogP contribution in [-0.4, -0.2) is 51.6 Å². The molecule has 45 heavy (non-hydrogen) atoms. The van der Waals surface area contributed by atoms with Gasteiger partial charge in [0.25, 0.3) is 0 Å². The van der Waals surface area contributed by atoms with Crippen molar-refractivity contribution in [1.82, 2.24) is 14.8 Å². The molecule has 1 fully saturated rings. The average molecular weight is 679 g/mol. The number of carbonyl (C=O) groups excluding carboxylic acids is 4. The molecule has 0 bridgehead atoms. The predicted octanol–water partition coefficient (Wildman–Crippen LogP) is 8.10. The van der Waals surface area contributed by atoms with Crippen LogP contribution in [0.5, 0.6) is 0 Å². The molecule has 1 atom stereocenters. The highest BCUT2D eigenvalue weighted by molar-refractivity contribution is 6.42. The maximum atomic E-state index is 14.5. The highest BCUT2D eigenvalue weighted by atomic mass is 35.5. The Morgan fingerprint density at radius 2 is 1.69 bits per heavy atom. The van der Waals surface area contributed by atoms with Crippen molar-refractivity contribution in [1.29, 1.82) is 0 Å². The Labute approximate surface area is 278 Å². The fourth-order valence-electron chi connectivity index (χ4n) is 5.64. The third kappa shape index (κ3) is 8.12. The van der Waals surface area contributed by atoms with E-state index in [9.17, 15) is 19.2 Å². The summed E-state index contributed by atoms with van der Waals surface area (Å²) in [6, 6.07) is 8.18. The van der Waals surface area contributed by atoms with Gasteiger partial charge in [0.05, 0.1) is 22.2 Å². The second kappa shape index (κ2) is 14.4. The summed E-state index contributed by atoms with van der Waals surface area (Å²) in [6.07, 6.45) is 3.69. The molecule has 0 aliphatic heterocycles. The number of fused-ring (bicyclic) bond motifs is 1. The first-order valence-corrected chi connectivity index (χ1v) is 16.1. The van der Waals surface area contributed by atoms with Crippen molar-refractivity contribution >= 4 is 69.6 Å². The zero-order valence-electron chi connectivity index (χ0n) is 26.0. The first-order valence-electron chi connectivity index (χ1n) is 15.0.